The molecule has 0 spiro atoms. The number of alkyl halides is 2. The van der Waals surface area contributed by atoms with Crippen molar-refractivity contribution < 1.29 is 18.3 Å². The number of nitrogens with zero attached hydrogens (tertiary/aromatic N) is 5. The van der Waals surface area contributed by atoms with Crippen LogP contribution >= 0.6 is 11.6 Å². The van der Waals surface area contributed by atoms with Crippen LogP contribution in [0.4, 0.5) is 14.6 Å². The average Bonchev–Trinajstić information content (AvgIpc) is 3.54. The van der Waals surface area contributed by atoms with Gasteiger partial charge in [-0.3, -0.25) is 4.79 Å². The molecule has 0 unspecified atom stereocenters. The molecule has 0 aliphatic heterocycles. The summed E-state index contributed by atoms with van der Waals surface area (Å²) in [5.74, 6) is 0.835. The summed E-state index contributed by atoms with van der Waals surface area (Å²) in [5, 5.41) is 4.40. The highest BCUT2D eigenvalue weighted by molar-refractivity contribution is 6.29. The first-order valence-corrected chi connectivity index (χ1v) is 13.3. The molecule has 200 valence electrons. The summed E-state index contributed by atoms with van der Waals surface area (Å²) >= 11 is 6.11. The summed E-state index contributed by atoms with van der Waals surface area (Å²) in [6.45, 7) is 0.372. The van der Waals surface area contributed by atoms with E-state index < -0.39 is 19.4 Å². The number of carbonyl (C=O) groups excluding carboxylic acids is 1. The van der Waals surface area contributed by atoms with Crippen molar-refractivity contribution in [3.8, 4) is 11.4 Å². The van der Waals surface area contributed by atoms with Gasteiger partial charge < -0.3 is 19.6 Å². The van der Waals surface area contributed by atoms with Gasteiger partial charge in [0.15, 0.2) is 11.5 Å². The Balaban J connectivity index is 1.49. The van der Waals surface area contributed by atoms with Crippen LogP contribution in [-0.4, -0.2) is 61.5 Å². The maximum Gasteiger partial charge on any atom is 0.311 e. The number of ether oxygens (including phenoxy) is 1. The molecule has 3 aliphatic carbocycles. The third-order valence-electron chi connectivity index (χ3n) is 8.00. The molecule has 9 nitrogen and oxygen atoms in total. The molecule has 4 aromatic heterocycles. The van der Waals surface area contributed by atoms with E-state index in [9.17, 15) is 13.6 Å². The minimum absolute atomic E-state index is 0.175. The van der Waals surface area contributed by atoms with Crippen molar-refractivity contribution in [2.24, 2.45) is 17.8 Å². The van der Waals surface area contributed by atoms with Gasteiger partial charge in [-0.05, 0) is 50.5 Å². The van der Waals surface area contributed by atoms with E-state index in [2.05, 4.69) is 20.3 Å². The number of H-pyrrole nitrogens is 1. The summed E-state index contributed by atoms with van der Waals surface area (Å²) in [7, 11) is 0. The molecule has 12 heteroatoms. The molecular weight excluding hydrogens is 516 g/mol. The molecule has 4 aromatic rings. The topological polar surface area (TPSA) is 111 Å². The van der Waals surface area contributed by atoms with Crippen LogP contribution in [0.5, 0.6) is 0 Å². The van der Waals surface area contributed by atoms with Crippen molar-refractivity contribution in [1.82, 2.24) is 29.5 Å². The van der Waals surface area contributed by atoms with Crippen molar-refractivity contribution in [1.29, 1.82) is 0 Å². The maximum absolute atomic E-state index is 13.8. The van der Waals surface area contributed by atoms with Crippen LogP contribution in [0.2, 0.25) is 5.15 Å². The van der Waals surface area contributed by atoms with Crippen LogP contribution in [0.1, 0.15) is 38.6 Å². The summed E-state index contributed by atoms with van der Waals surface area (Å²) in [4.78, 5) is 34.3. The number of hydrogen-bond donors (Lipinski definition) is 2. The second-order valence-corrected chi connectivity index (χ2v) is 10.4. The molecule has 7 rings (SSSR count). The number of anilines is 1. The Hall–Kier alpha value is -3.34. The number of halogens is 3. The van der Waals surface area contributed by atoms with Crippen LogP contribution < -0.4 is 5.32 Å². The fourth-order valence-corrected chi connectivity index (χ4v) is 6.31. The van der Waals surface area contributed by atoms with Crippen molar-refractivity contribution in [2.75, 3.05) is 25.3 Å². The largest absolute Gasteiger partial charge is 0.466 e. The average molecular weight is 544 g/mol. The quantitative estimate of drug-likeness (QED) is 0.291. The first kappa shape index (κ1) is 25.0. The second-order valence-electron chi connectivity index (χ2n) is 10.0. The van der Waals surface area contributed by atoms with Crippen LogP contribution in [0, 0.1) is 17.8 Å². The molecule has 2 atom stereocenters. The van der Waals surface area contributed by atoms with Crippen LogP contribution in [0.25, 0.3) is 33.6 Å². The number of aromatic nitrogens is 6. The molecule has 0 amide bonds. The van der Waals surface area contributed by atoms with Gasteiger partial charge in [-0.1, -0.05) is 11.6 Å². The first-order valence-electron chi connectivity index (χ1n) is 13.0. The minimum atomic E-state index is -1.02. The van der Waals surface area contributed by atoms with Crippen molar-refractivity contribution >= 4 is 45.6 Å². The zero-order chi connectivity index (χ0) is 26.4. The van der Waals surface area contributed by atoms with E-state index in [4.69, 9.17) is 26.3 Å². The lowest BCUT2D eigenvalue weighted by Crippen LogP contribution is -2.52. The molecule has 38 heavy (non-hydrogen) atoms. The molecule has 3 saturated carbocycles. The van der Waals surface area contributed by atoms with Gasteiger partial charge in [0.25, 0.3) is 0 Å². The van der Waals surface area contributed by atoms with Gasteiger partial charge in [0.2, 0.25) is 0 Å². The van der Waals surface area contributed by atoms with Crippen LogP contribution in [0.3, 0.4) is 0 Å². The van der Waals surface area contributed by atoms with Gasteiger partial charge in [-0.2, -0.15) is 0 Å². The summed E-state index contributed by atoms with van der Waals surface area (Å²) in [6, 6.07) is 0.566. The molecular formula is C26H28ClF2N7O2. The molecule has 2 N–H and O–H groups in total. The maximum atomic E-state index is 13.8. The third-order valence-corrected chi connectivity index (χ3v) is 8.18. The molecule has 4 heterocycles. The van der Waals surface area contributed by atoms with Crippen molar-refractivity contribution in [2.45, 2.75) is 44.7 Å². The van der Waals surface area contributed by atoms with Gasteiger partial charge in [0.1, 0.15) is 35.5 Å². The van der Waals surface area contributed by atoms with E-state index in [1.54, 1.807) is 18.5 Å². The van der Waals surface area contributed by atoms with Crippen molar-refractivity contribution in [3.63, 3.8) is 0 Å². The smallest absolute Gasteiger partial charge is 0.311 e. The molecule has 2 bridgehead atoms. The highest BCUT2D eigenvalue weighted by Gasteiger charge is 2.48. The number of fused-ring (bicyclic) bond motifs is 5. The van der Waals surface area contributed by atoms with E-state index in [1.807, 2.05) is 6.92 Å². The minimum Gasteiger partial charge on any atom is -0.466 e. The summed E-state index contributed by atoms with van der Waals surface area (Å²) in [5.41, 5.74) is 1.93. The van der Waals surface area contributed by atoms with Crippen LogP contribution in [-0.2, 0) is 9.53 Å². The predicted molar refractivity (Wildman–Crippen MR) is 139 cm³/mol. The SMILES string of the molecule is CCOC(=O)[C@H]1C2CCC(CC2)[C@@H]1Nc1nc(-c2c[nH]c3ncc(Cl)nc23)nc2c1ccn2C(CF)CF. The number of nitrogens with one attached hydrogen (secondary N) is 2. The molecule has 3 fully saturated rings. The Morgan fingerprint density at radius 2 is 1.97 bits per heavy atom. The Morgan fingerprint density at radius 3 is 2.71 bits per heavy atom. The van der Waals surface area contributed by atoms with E-state index in [0.29, 0.717) is 46.0 Å². The lowest BCUT2D eigenvalue weighted by Gasteiger charge is -2.47. The number of rotatable bonds is 8. The Morgan fingerprint density at radius 1 is 1.21 bits per heavy atom. The van der Waals surface area contributed by atoms with Crippen molar-refractivity contribution in [3.05, 3.63) is 29.8 Å². The second kappa shape index (κ2) is 10.1. The molecule has 0 aromatic carbocycles. The molecule has 0 radical (unpaired) electrons. The fourth-order valence-electron chi connectivity index (χ4n) is 6.18. The van der Waals surface area contributed by atoms with Gasteiger partial charge in [0, 0.05) is 18.4 Å². The summed E-state index contributed by atoms with van der Waals surface area (Å²) < 4.78 is 34.5. The Labute approximate surface area is 222 Å². The highest BCUT2D eigenvalue weighted by atomic mass is 35.5. The Bertz CT molecular complexity index is 1480. The number of aromatic amines is 1. The third kappa shape index (κ3) is 4.16. The highest BCUT2D eigenvalue weighted by Crippen LogP contribution is 2.47. The zero-order valence-electron chi connectivity index (χ0n) is 20.8. The van der Waals surface area contributed by atoms with Crippen LogP contribution in [0.15, 0.2) is 24.7 Å². The van der Waals surface area contributed by atoms with Gasteiger partial charge in [0.05, 0.1) is 35.7 Å². The van der Waals surface area contributed by atoms with E-state index in [0.717, 1.165) is 25.7 Å². The number of carbonyl (C=O) groups is 1. The molecule has 3 aliphatic rings. The fraction of sp³-hybridized carbons (Fsp3) is 0.500. The lowest BCUT2D eigenvalue weighted by molar-refractivity contribution is -0.154. The van der Waals surface area contributed by atoms with E-state index >= 15 is 0 Å². The predicted octanol–water partition coefficient (Wildman–Crippen LogP) is 5.28. The monoisotopic (exact) mass is 543 g/mol. The zero-order valence-corrected chi connectivity index (χ0v) is 21.6. The number of esters is 1. The van der Waals surface area contributed by atoms with E-state index in [-0.39, 0.29) is 34.9 Å². The Kier molecular flexibility index (Phi) is 6.63. The van der Waals surface area contributed by atoms with Gasteiger partial charge >= 0.3 is 5.97 Å². The summed E-state index contributed by atoms with van der Waals surface area (Å²) in [6.07, 6.45) is 8.77. The first-order chi connectivity index (χ1) is 18.5. The standard InChI is InChI=1S/C26H28ClF2N7O2/c1-2-38-26(37)19-13-3-5-14(6-4-13)20(19)33-22-16-7-8-36(15(9-28)10-29)25(16)35-23(34-22)17-11-30-24-21(17)32-18(27)12-31-24/h7-8,11-15,19-20H,2-6,9-10H2,1H3,(H,30,31)(H,33,34,35)/t13?,14?,19-,20-/m0/s1. The lowest BCUT2D eigenvalue weighted by atomic mass is 9.61. The van der Waals surface area contributed by atoms with Gasteiger partial charge in [-0.25, -0.2) is 28.7 Å². The van der Waals surface area contributed by atoms with Gasteiger partial charge in [-0.15, -0.1) is 0 Å². The normalized spacial score (nSPS) is 23.0. The number of hydrogen-bond acceptors (Lipinski definition) is 7. The molecule has 0 saturated heterocycles. The van der Waals surface area contributed by atoms with E-state index in [1.165, 1.54) is 10.8 Å².